The molecule has 158 valence electrons. The minimum Gasteiger partial charge on any atom is -0.507 e. The molecule has 1 aliphatic heterocycles. The lowest BCUT2D eigenvalue weighted by Crippen LogP contribution is -2.33. The summed E-state index contributed by atoms with van der Waals surface area (Å²) in [5, 5.41) is 13.0. The van der Waals surface area contributed by atoms with Crippen molar-refractivity contribution in [3.05, 3.63) is 83.7 Å². The van der Waals surface area contributed by atoms with Crippen LogP contribution in [0, 0.1) is 0 Å². The van der Waals surface area contributed by atoms with Gasteiger partial charge < -0.3 is 14.7 Å². The molecule has 0 spiro atoms. The zero-order valence-corrected chi connectivity index (χ0v) is 17.5. The molecule has 0 saturated carbocycles. The molecule has 1 aliphatic rings. The van der Waals surface area contributed by atoms with E-state index in [1.54, 1.807) is 30.6 Å². The Hall–Kier alpha value is -3.51. The van der Waals surface area contributed by atoms with E-state index in [0.717, 1.165) is 10.8 Å². The number of pyridine rings is 1. The van der Waals surface area contributed by atoms with Crippen LogP contribution in [0.25, 0.3) is 16.5 Å². The topological polar surface area (TPSA) is 79.7 Å². The summed E-state index contributed by atoms with van der Waals surface area (Å²) < 4.78 is 5.61. The Kier molecular flexibility index (Phi) is 5.82. The maximum atomic E-state index is 13.1. The molecule has 0 radical (unpaired) electrons. The molecule has 1 aromatic heterocycles. The molecule has 3 aromatic rings. The lowest BCUT2D eigenvalue weighted by atomic mass is 9.94. The van der Waals surface area contributed by atoms with Crippen molar-refractivity contribution in [2.45, 2.75) is 26.0 Å². The van der Waals surface area contributed by atoms with Crippen molar-refractivity contribution in [1.82, 2.24) is 9.88 Å². The third kappa shape index (κ3) is 3.94. The summed E-state index contributed by atoms with van der Waals surface area (Å²) in [6.45, 7) is 4.34. The SMILES string of the molecule is CC(C)OCCN1C(=O)C(=O)/C(=C(\O)c2cccc3ccccc23)C1c1cccnc1. The Morgan fingerprint density at radius 2 is 1.87 bits per heavy atom. The number of hydrogen-bond donors (Lipinski definition) is 1. The van der Waals surface area contributed by atoms with Crippen LogP contribution in [0.5, 0.6) is 0 Å². The third-order valence-electron chi connectivity index (χ3n) is 5.37. The van der Waals surface area contributed by atoms with E-state index in [-0.39, 0.29) is 30.6 Å². The van der Waals surface area contributed by atoms with Gasteiger partial charge in [-0.2, -0.15) is 0 Å². The molecule has 1 N–H and O–H groups in total. The maximum absolute atomic E-state index is 13.1. The van der Waals surface area contributed by atoms with E-state index in [9.17, 15) is 14.7 Å². The van der Waals surface area contributed by atoms with Gasteiger partial charge in [-0.25, -0.2) is 0 Å². The Bertz CT molecular complexity index is 1150. The molecule has 4 rings (SSSR count). The first-order valence-corrected chi connectivity index (χ1v) is 10.3. The van der Waals surface area contributed by atoms with Gasteiger partial charge in [-0.15, -0.1) is 0 Å². The molecular formula is C25H24N2O4. The predicted octanol–water partition coefficient (Wildman–Crippen LogP) is 4.08. The van der Waals surface area contributed by atoms with Crippen LogP contribution < -0.4 is 0 Å². The highest BCUT2D eigenvalue weighted by Gasteiger charge is 2.46. The molecule has 1 atom stereocenters. The summed E-state index contributed by atoms with van der Waals surface area (Å²) in [6.07, 6.45) is 3.25. The van der Waals surface area contributed by atoms with Crippen LogP contribution >= 0.6 is 0 Å². The monoisotopic (exact) mass is 416 g/mol. The zero-order chi connectivity index (χ0) is 22.0. The second-order valence-electron chi connectivity index (χ2n) is 7.73. The first-order chi connectivity index (χ1) is 15.0. The second kappa shape index (κ2) is 8.70. The van der Waals surface area contributed by atoms with Crippen LogP contribution in [-0.4, -0.2) is 45.9 Å². The maximum Gasteiger partial charge on any atom is 0.295 e. The van der Waals surface area contributed by atoms with E-state index in [1.165, 1.54) is 4.90 Å². The largest absolute Gasteiger partial charge is 0.507 e. The second-order valence-corrected chi connectivity index (χ2v) is 7.73. The minimum absolute atomic E-state index is 0.00403. The molecule has 2 aromatic carbocycles. The molecular weight excluding hydrogens is 392 g/mol. The lowest BCUT2D eigenvalue weighted by molar-refractivity contribution is -0.140. The molecule has 0 bridgehead atoms. The number of aromatic nitrogens is 1. The Labute approximate surface area is 180 Å². The number of carbonyl (C=O) groups excluding carboxylic acids is 2. The van der Waals surface area contributed by atoms with Crippen molar-refractivity contribution in [3.63, 3.8) is 0 Å². The van der Waals surface area contributed by atoms with Crippen LogP contribution in [0.3, 0.4) is 0 Å². The summed E-state index contributed by atoms with van der Waals surface area (Å²) in [5.41, 5.74) is 1.25. The summed E-state index contributed by atoms with van der Waals surface area (Å²) in [5.74, 6) is -1.54. The van der Waals surface area contributed by atoms with E-state index in [4.69, 9.17) is 4.74 Å². The molecule has 1 unspecified atom stereocenters. The quantitative estimate of drug-likeness (QED) is 0.372. The molecule has 1 fully saturated rings. The Morgan fingerprint density at radius 1 is 1.10 bits per heavy atom. The van der Waals surface area contributed by atoms with Gasteiger partial charge >= 0.3 is 0 Å². The average Bonchev–Trinajstić information content (AvgIpc) is 3.03. The van der Waals surface area contributed by atoms with Crippen LogP contribution in [-0.2, 0) is 14.3 Å². The summed E-state index contributed by atoms with van der Waals surface area (Å²) >= 11 is 0. The van der Waals surface area contributed by atoms with Gasteiger partial charge in [0, 0.05) is 24.5 Å². The highest BCUT2D eigenvalue weighted by atomic mass is 16.5. The number of ketones is 1. The summed E-state index contributed by atoms with van der Waals surface area (Å²) in [6, 6.07) is 15.9. The number of nitrogens with zero attached hydrogens (tertiary/aromatic N) is 2. The van der Waals surface area contributed by atoms with Crippen molar-refractivity contribution in [2.75, 3.05) is 13.2 Å². The predicted molar refractivity (Wildman–Crippen MR) is 118 cm³/mol. The van der Waals surface area contributed by atoms with Crippen molar-refractivity contribution in [3.8, 4) is 0 Å². The lowest BCUT2D eigenvalue weighted by Gasteiger charge is -2.25. The summed E-state index contributed by atoms with van der Waals surface area (Å²) in [4.78, 5) is 31.6. The number of aliphatic hydroxyl groups is 1. The van der Waals surface area contributed by atoms with Gasteiger partial charge in [0.2, 0.25) is 0 Å². The highest BCUT2D eigenvalue weighted by Crippen LogP contribution is 2.40. The number of benzene rings is 2. The molecule has 6 nitrogen and oxygen atoms in total. The first kappa shape index (κ1) is 20.8. The van der Waals surface area contributed by atoms with Crippen molar-refractivity contribution < 1.29 is 19.4 Å². The fourth-order valence-electron chi connectivity index (χ4n) is 3.96. The molecule has 1 amide bonds. The van der Waals surface area contributed by atoms with Crippen molar-refractivity contribution in [1.29, 1.82) is 0 Å². The number of aliphatic hydroxyl groups excluding tert-OH is 1. The molecule has 31 heavy (non-hydrogen) atoms. The molecule has 0 aliphatic carbocycles. The van der Waals surface area contributed by atoms with Gasteiger partial charge in [-0.3, -0.25) is 14.6 Å². The average molecular weight is 416 g/mol. The van der Waals surface area contributed by atoms with Gasteiger partial charge in [0.05, 0.1) is 24.3 Å². The minimum atomic E-state index is -0.733. The van der Waals surface area contributed by atoms with Crippen LogP contribution in [0.15, 0.2) is 72.6 Å². The van der Waals surface area contributed by atoms with Gasteiger partial charge in [0.15, 0.2) is 0 Å². The number of ether oxygens (including phenoxy) is 1. The fraction of sp³-hybridized carbons (Fsp3) is 0.240. The first-order valence-electron chi connectivity index (χ1n) is 10.3. The van der Waals surface area contributed by atoms with Gasteiger partial charge in [-0.05, 0) is 36.2 Å². The number of carbonyl (C=O) groups is 2. The fourth-order valence-corrected chi connectivity index (χ4v) is 3.96. The van der Waals surface area contributed by atoms with Crippen LogP contribution in [0.2, 0.25) is 0 Å². The van der Waals surface area contributed by atoms with Gasteiger partial charge in [0.1, 0.15) is 5.76 Å². The van der Waals surface area contributed by atoms with Crippen LogP contribution in [0.1, 0.15) is 31.0 Å². The third-order valence-corrected chi connectivity index (χ3v) is 5.37. The number of amides is 1. The Morgan fingerprint density at radius 3 is 2.61 bits per heavy atom. The number of likely N-dealkylation sites (tertiary alicyclic amines) is 1. The highest BCUT2D eigenvalue weighted by molar-refractivity contribution is 6.46. The van der Waals surface area contributed by atoms with E-state index in [1.807, 2.05) is 50.2 Å². The normalized spacial score (nSPS) is 18.3. The molecule has 6 heteroatoms. The molecule has 2 heterocycles. The van der Waals surface area contributed by atoms with E-state index in [0.29, 0.717) is 11.1 Å². The number of hydrogen-bond acceptors (Lipinski definition) is 5. The van der Waals surface area contributed by atoms with E-state index in [2.05, 4.69) is 4.98 Å². The smallest absolute Gasteiger partial charge is 0.295 e. The summed E-state index contributed by atoms with van der Waals surface area (Å²) in [7, 11) is 0. The molecule has 1 saturated heterocycles. The zero-order valence-electron chi connectivity index (χ0n) is 17.5. The van der Waals surface area contributed by atoms with Crippen LogP contribution in [0.4, 0.5) is 0 Å². The van der Waals surface area contributed by atoms with E-state index >= 15 is 0 Å². The number of rotatable bonds is 6. The number of fused-ring (bicyclic) bond motifs is 1. The Balaban J connectivity index is 1.85. The van der Waals surface area contributed by atoms with Crippen molar-refractivity contribution in [2.24, 2.45) is 0 Å². The number of Topliss-reactive ketones (excluding diaryl/α,β-unsaturated/α-hetero) is 1. The van der Waals surface area contributed by atoms with E-state index < -0.39 is 17.7 Å². The van der Waals surface area contributed by atoms with Gasteiger partial charge in [0.25, 0.3) is 11.7 Å². The standard InChI is InChI=1S/C25H24N2O4/c1-16(2)31-14-13-27-22(18-9-6-12-26-15-18)21(24(29)25(27)30)23(28)20-11-5-8-17-7-3-4-10-19(17)20/h3-12,15-16,22,28H,13-14H2,1-2H3/b23-21-. The van der Waals surface area contributed by atoms with Gasteiger partial charge in [-0.1, -0.05) is 48.5 Å². The van der Waals surface area contributed by atoms with Crippen molar-refractivity contribution >= 4 is 28.2 Å².